The Hall–Kier alpha value is -1.63. The molecule has 0 saturated carbocycles. The van der Waals surface area contributed by atoms with Gasteiger partial charge in [0, 0.05) is 28.1 Å². The molecule has 1 heterocycles. The number of carbonyl (C=O) groups excluding carboxylic acids is 1. The van der Waals surface area contributed by atoms with Gasteiger partial charge in [0.05, 0.1) is 22.8 Å². The summed E-state index contributed by atoms with van der Waals surface area (Å²) < 4.78 is 0.929. The zero-order valence-corrected chi connectivity index (χ0v) is 14.3. The van der Waals surface area contributed by atoms with E-state index in [-0.39, 0.29) is 12.5 Å². The topological polar surface area (TPSA) is 66.4 Å². The van der Waals surface area contributed by atoms with Crippen LogP contribution in [0.4, 0.5) is 5.69 Å². The van der Waals surface area contributed by atoms with Crippen LogP contribution in [0.25, 0.3) is 0 Å². The maximum absolute atomic E-state index is 11.7. The Morgan fingerprint density at radius 3 is 2.73 bits per heavy atom. The van der Waals surface area contributed by atoms with Gasteiger partial charge in [-0.2, -0.15) is 5.10 Å². The number of amides is 1. The molecule has 22 heavy (non-hydrogen) atoms. The number of halogens is 3. The van der Waals surface area contributed by atoms with E-state index in [0.717, 1.165) is 10.2 Å². The summed E-state index contributed by atoms with van der Waals surface area (Å²) in [5, 5.41) is 7.52. The molecule has 0 atom stereocenters. The molecular formula is C14H11BrCl2N4O. The predicted molar refractivity (Wildman–Crippen MR) is 92.6 cm³/mol. The van der Waals surface area contributed by atoms with Gasteiger partial charge in [-0.05, 0) is 18.2 Å². The van der Waals surface area contributed by atoms with Gasteiger partial charge in [-0.1, -0.05) is 45.2 Å². The molecule has 1 aromatic carbocycles. The highest BCUT2D eigenvalue weighted by molar-refractivity contribution is 9.10. The molecule has 0 fully saturated rings. The summed E-state index contributed by atoms with van der Waals surface area (Å²) in [6.07, 6.45) is 4.28. The molecule has 1 aromatic heterocycles. The van der Waals surface area contributed by atoms with Gasteiger partial charge in [-0.25, -0.2) is 5.43 Å². The van der Waals surface area contributed by atoms with Crippen LogP contribution in [0.2, 0.25) is 10.0 Å². The molecule has 8 heteroatoms. The van der Waals surface area contributed by atoms with Crippen molar-refractivity contribution in [2.75, 3.05) is 11.9 Å². The lowest BCUT2D eigenvalue weighted by molar-refractivity contribution is -0.119. The number of benzene rings is 1. The van der Waals surface area contributed by atoms with Gasteiger partial charge >= 0.3 is 0 Å². The van der Waals surface area contributed by atoms with Gasteiger partial charge in [0.25, 0.3) is 5.91 Å². The Morgan fingerprint density at radius 1 is 1.32 bits per heavy atom. The van der Waals surface area contributed by atoms with E-state index in [9.17, 15) is 4.79 Å². The molecule has 0 saturated heterocycles. The van der Waals surface area contributed by atoms with E-state index in [1.54, 1.807) is 0 Å². The summed E-state index contributed by atoms with van der Waals surface area (Å²) in [4.78, 5) is 15.5. The maximum atomic E-state index is 11.7. The van der Waals surface area contributed by atoms with Crippen LogP contribution in [0.1, 0.15) is 5.56 Å². The number of carbonyl (C=O) groups is 1. The molecule has 0 radical (unpaired) electrons. The summed E-state index contributed by atoms with van der Waals surface area (Å²) in [5.41, 5.74) is 3.72. The van der Waals surface area contributed by atoms with E-state index in [2.05, 4.69) is 36.8 Å². The van der Waals surface area contributed by atoms with E-state index in [4.69, 9.17) is 23.2 Å². The number of aromatic nitrogens is 1. The van der Waals surface area contributed by atoms with Crippen molar-refractivity contribution in [2.24, 2.45) is 5.10 Å². The first kappa shape index (κ1) is 16.7. The van der Waals surface area contributed by atoms with Gasteiger partial charge in [-0.3, -0.25) is 9.78 Å². The molecule has 5 nitrogen and oxygen atoms in total. The van der Waals surface area contributed by atoms with Crippen LogP contribution in [0.15, 0.2) is 46.2 Å². The lowest BCUT2D eigenvalue weighted by atomic mass is 10.3. The van der Waals surface area contributed by atoms with Crippen LogP contribution in [0.3, 0.4) is 0 Å². The minimum absolute atomic E-state index is 0.0889. The highest BCUT2D eigenvalue weighted by Crippen LogP contribution is 2.20. The van der Waals surface area contributed by atoms with Crippen LogP contribution in [0.5, 0.6) is 0 Å². The second-order valence-electron chi connectivity index (χ2n) is 4.17. The van der Waals surface area contributed by atoms with Gasteiger partial charge < -0.3 is 5.32 Å². The van der Waals surface area contributed by atoms with Crippen molar-refractivity contribution in [3.05, 3.63) is 56.7 Å². The Morgan fingerprint density at radius 2 is 2.05 bits per heavy atom. The minimum Gasteiger partial charge on any atom is -0.376 e. The molecule has 2 rings (SSSR count). The first-order valence-corrected chi connectivity index (χ1v) is 7.71. The van der Waals surface area contributed by atoms with Gasteiger partial charge in [-0.15, -0.1) is 0 Å². The summed E-state index contributed by atoms with van der Waals surface area (Å²) in [5.74, 6) is -0.294. The first-order valence-electron chi connectivity index (χ1n) is 6.16. The van der Waals surface area contributed by atoms with Crippen LogP contribution in [-0.4, -0.2) is 23.7 Å². The first-order chi connectivity index (χ1) is 10.6. The highest BCUT2D eigenvalue weighted by Gasteiger charge is 2.04. The number of rotatable bonds is 5. The molecule has 0 aliphatic heterocycles. The molecular weight excluding hydrogens is 391 g/mol. The average molecular weight is 402 g/mol. The van der Waals surface area contributed by atoms with Crippen molar-refractivity contribution in [2.45, 2.75) is 0 Å². The van der Waals surface area contributed by atoms with Crippen molar-refractivity contribution in [1.29, 1.82) is 0 Å². The summed E-state index contributed by atoms with van der Waals surface area (Å²) in [7, 11) is 0. The molecule has 0 bridgehead atoms. The van der Waals surface area contributed by atoms with Crippen molar-refractivity contribution >= 4 is 56.9 Å². The smallest absolute Gasteiger partial charge is 0.259 e. The number of pyridine rings is 1. The molecule has 0 unspecified atom stereocenters. The second kappa shape index (κ2) is 8.12. The van der Waals surface area contributed by atoms with E-state index >= 15 is 0 Å². The zero-order chi connectivity index (χ0) is 15.9. The van der Waals surface area contributed by atoms with Crippen molar-refractivity contribution in [1.82, 2.24) is 10.4 Å². The van der Waals surface area contributed by atoms with Crippen molar-refractivity contribution in [3.8, 4) is 0 Å². The van der Waals surface area contributed by atoms with Crippen LogP contribution < -0.4 is 10.7 Å². The van der Waals surface area contributed by atoms with E-state index in [1.807, 2.05) is 24.3 Å². The number of anilines is 1. The third-order valence-corrected chi connectivity index (χ3v) is 3.65. The summed E-state index contributed by atoms with van der Waals surface area (Å²) >= 11 is 15.2. The van der Waals surface area contributed by atoms with Gasteiger partial charge in [0.15, 0.2) is 0 Å². The Bertz CT molecular complexity index is 689. The normalized spacial score (nSPS) is 10.7. The Kier molecular flexibility index (Phi) is 6.18. The number of hydrogen-bond acceptors (Lipinski definition) is 4. The molecule has 2 N–H and O–H groups in total. The standard InChI is InChI=1S/C14H11BrCl2N4O/c15-9-2-1-3-10(4-9)19-8-14(22)21-20-5-11-12(16)6-18-7-13(11)17/h1-7,19H,8H2,(H,21,22)/b20-5+. The fraction of sp³-hybridized carbons (Fsp3) is 0.0714. The van der Waals surface area contributed by atoms with Gasteiger partial charge in [0.2, 0.25) is 0 Å². The SMILES string of the molecule is O=C(CNc1cccc(Br)c1)N/N=C/c1c(Cl)cncc1Cl. The Balaban J connectivity index is 1.86. The predicted octanol–water partition coefficient (Wildman–Crippen LogP) is 3.71. The lowest BCUT2D eigenvalue weighted by Crippen LogP contribution is -2.25. The molecule has 0 spiro atoms. The minimum atomic E-state index is -0.294. The van der Waals surface area contributed by atoms with Crippen molar-refractivity contribution in [3.63, 3.8) is 0 Å². The van der Waals surface area contributed by atoms with Crippen LogP contribution in [0, 0.1) is 0 Å². The second-order valence-corrected chi connectivity index (χ2v) is 5.90. The molecule has 0 aliphatic carbocycles. The van der Waals surface area contributed by atoms with Crippen LogP contribution >= 0.6 is 39.1 Å². The molecule has 0 aliphatic rings. The monoisotopic (exact) mass is 400 g/mol. The lowest BCUT2D eigenvalue weighted by Gasteiger charge is -2.05. The zero-order valence-electron chi connectivity index (χ0n) is 11.2. The van der Waals surface area contributed by atoms with Crippen molar-refractivity contribution < 1.29 is 4.79 Å². The van der Waals surface area contributed by atoms with E-state index < -0.39 is 0 Å². The molecule has 2 aromatic rings. The largest absolute Gasteiger partial charge is 0.376 e. The fourth-order valence-electron chi connectivity index (χ4n) is 1.53. The third kappa shape index (κ3) is 4.98. The third-order valence-electron chi connectivity index (χ3n) is 2.55. The summed E-state index contributed by atoms with van der Waals surface area (Å²) in [6, 6.07) is 7.50. The highest BCUT2D eigenvalue weighted by atomic mass is 79.9. The maximum Gasteiger partial charge on any atom is 0.259 e. The number of nitrogens with zero attached hydrogens (tertiary/aromatic N) is 2. The number of hydrogen-bond donors (Lipinski definition) is 2. The fourth-order valence-corrected chi connectivity index (χ4v) is 2.40. The average Bonchev–Trinajstić information content (AvgIpc) is 2.48. The summed E-state index contributed by atoms with van der Waals surface area (Å²) in [6.45, 7) is 0.0889. The van der Waals surface area contributed by atoms with Gasteiger partial charge in [0.1, 0.15) is 0 Å². The number of nitrogens with one attached hydrogen (secondary N) is 2. The number of hydrazone groups is 1. The quantitative estimate of drug-likeness (QED) is 0.592. The van der Waals surface area contributed by atoms with E-state index in [0.29, 0.717) is 15.6 Å². The molecule has 1 amide bonds. The van der Waals surface area contributed by atoms with Crippen LogP contribution in [-0.2, 0) is 4.79 Å². The van der Waals surface area contributed by atoms with E-state index in [1.165, 1.54) is 18.6 Å². The molecule has 114 valence electrons. The Labute approximate surface area is 145 Å².